The second kappa shape index (κ2) is 5.81. The molecular formula is C16H11ClN2O2. The van der Waals surface area contributed by atoms with E-state index in [-0.39, 0.29) is 5.88 Å². The van der Waals surface area contributed by atoms with Crippen molar-refractivity contribution in [2.24, 2.45) is 0 Å². The van der Waals surface area contributed by atoms with Crippen LogP contribution in [-0.4, -0.2) is 16.3 Å². The Bertz CT molecular complexity index is 769. The van der Waals surface area contributed by atoms with Gasteiger partial charge in [0.15, 0.2) is 0 Å². The Kier molecular flexibility index (Phi) is 3.71. The van der Waals surface area contributed by atoms with Crippen molar-refractivity contribution in [3.05, 3.63) is 65.7 Å². The van der Waals surface area contributed by atoms with Crippen molar-refractivity contribution in [2.45, 2.75) is 0 Å². The number of hydrogen-bond acceptors (Lipinski definition) is 3. The fraction of sp³-hybridized carbons (Fsp3) is 0. The molecule has 3 aromatic rings. The predicted octanol–water partition coefficient (Wildman–Crippen LogP) is 3.73. The van der Waals surface area contributed by atoms with Gasteiger partial charge in [-0.05, 0) is 18.2 Å². The zero-order chi connectivity index (χ0) is 14.7. The number of aromatic nitrogens is 2. The van der Waals surface area contributed by atoms with Gasteiger partial charge in [0.05, 0.1) is 11.4 Å². The van der Waals surface area contributed by atoms with Gasteiger partial charge in [0, 0.05) is 16.7 Å². The van der Waals surface area contributed by atoms with Crippen LogP contribution in [0.25, 0.3) is 16.9 Å². The zero-order valence-electron chi connectivity index (χ0n) is 10.9. The van der Waals surface area contributed by atoms with E-state index in [9.17, 15) is 4.79 Å². The maximum absolute atomic E-state index is 10.5. The predicted molar refractivity (Wildman–Crippen MR) is 80.7 cm³/mol. The lowest BCUT2D eigenvalue weighted by atomic mass is 10.1. The van der Waals surface area contributed by atoms with Gasteiger partial charge in [0.1, 0.15) is 0 Å². The van der Waals surface area contributed by atoms with Crippen LogP contribution in [0, 0.1) is 0 Å². The summed E-state index contributed by atoms with van der Waals surface area (Å²) in [7, 11) is 0. The Balaban J connectivity index is 2.16. The Morgan fingerprint density at radius 2 is 1.86 bits per heavy atom. The number of halogens is 1. The third-order valence-electron chi connectivity index (χ3n) is 2.98. The standard InChI is InChI=1S/C16H11ClN2O2/c17-13-7-4-8-14(9-13)19-15(10-16(18-19)21-11-20)12-5-2-1-3-6-12/h1-11H. The van der Waals surface area contributed by atoms with E-state index in [0.29, 0.717) is 11.5 Å². The first-order chi connectivity index (χ1) is 10.3. The van der Waals surface area contributed by atoms with Crippen molar-refractivity contribution < 1.29 is 9.53 Å². The Hall–Kier alpha value is -2.59. The van der Waals surface area contributed by atoms with E-state index >= 15 is 0 Å². The second-order valence-corrected chi connectivity index (χ2v) is 4.78. The average molecular weight is 299 g/mol. The number of benzene rings is 2. The van der Waals surface area contributed by atoms with Crippen LogP contribution < -0.4 is 4.74 Å². The van der Waals surface area contributed by atoms with E-state index < -0.39 is 0 Å². The molecule has 0 fully saturated rings. The molecule has 0 aliphatic rings. The summed E-state index contributed by atoms with van der Waals surface area (Å²) in [4.78, 5) is 10.5. The van der Waals surface area contributed by atoms with Gasteiger partial charge in [-0.3, -0.25) is 4.79 Å². The van der Waals surface area contributed by atoms with Crippen LogP contribution in [0.1, 0.15) is 0 Å². The summed E-state index contributed by atoms with van der Waals surface area (Å²) in [6.45, 7) is 0.361. The molecule has 104 valence electrons. The molecule has 0 radical (unpaired) electrons. The van der Waals surface area contributed by atoms with Crippen molar-refractivity contribution >= 4 is 18.1 Å². The van der Waals surface area contributed by atoms with Crippen molar-refractivity contribution in [3.8, 4) is 22.8 Å². The number of ether oxygens (including phenoxy) is 1. The molecule has 21 heavy (non-hydrogen) atoms. The van der Waals surface area contributed by atoms with Crippen LogP contribution in [-0.2, 0) is 4.79 Å². The Labute approximate surface area is 126 Å². The van der Waals surface area contributed by atoms with E-state index in [1.165, 1.54) is 0 Å². The van der Waals surface area contributed by atoms with E-state index in [1.54, 1.807) is 22.9 Å². The average Bonchev–Trinajstić information content (AvgIpc) is 2.93. The molecule has 3 rings (SSSR count). The van der Waals surface area contributed by atoms with Crippen LogP contribution >= 0.6 is 11.6 Å². The smallest absolute Gasteiger partial charge is 0.299 e. The SMILES string of the molecule is O=COc1cc(-c2ccccc2)n(-c2cccc(Cl)c2)n1. The van der Waals surface area contributed by atoms with Crippen molar-refractivity contribution in [1.29, 1.82) is 0 Å². The molecule has 1 aromatic heterocycles. The maximum atomic E-state index is 10.5. The lowest BCUT2D eigenvalue weighted by Gasteiger charge is -2.07. The highest BCUT2D eigenvalue weighted by Gasteiger charge is 2.12. The van der Waals surface area contributed by atoms with Crippen molar-refractivity contribution in [1.82, 2.24) is 9.78 Å². The van der Waals surface area contributed by atoms with Crippen LogP contribution in [0.15, 0.2) is 60.7 Å². The summed E-state index contributed by atoms with van der Waals surface area (Å²) in [6, 6.07) is 18.8. The Morgan fingerprint density at radius 3 is 2.57 bits per heavy atom. The highest BCUT2D eigenvalue weighted by Crippen LogP contribution is 2.27. The highest BCUT2D eigenvalue weighted by atomic mass is 35.5. The molecule has 0 saturated carbocycles. The number of hydrogen-bond donors (Lipinski definition) is 0. The minimum absolute atomic E-state index is 0.240. The molecule has 4 nitrogen and oxygen atoms in total. The molecular weight excluding hydrogens is 288 g/mol. The van der Waals surface area contributed by atoms with Crippen molar-refractivity contribution in [2.75, 3.05) is 0 Å². The topological polar surface area (TPSA) is 44.1 Å². The van der Waals surface area contributed by atoms with Crippen LogP contribution in [0.4, 0.5) is 0 Å². The maximum Gasteiger partial charge on any atom is 0.299 e. The molecule has 0 aliphatic carbocycles. The van der Waals surface area contributed by atoms with E-state index in [4.69, 9.17) is 16.3 Å². The first kappa shape index (κ1) is 13.4. The van der Waals surface area contributed by atoms with E-state index in [1.807, 2.05) is 42.5 Å². The normalized spacial score (nSPS) is 10.3. The lowest BCUT2D eigenvalue weighted by Crippen LogP contribution is -1.99. The molecule has 0 aliphatic heterocycles. The quantitative estimate of drug-likeness (QED) is 0.689. The van der Waals surface area contributed by atoms with E-state index in [0.717, 1.165) is 16.9 Å². The van der Waals surface area contributed by atoms with Gasteiger partial charge in [-0.1, -0.05) is 48.0 Å². The van der Waals surface area contributed by atoms with Gasteiger partial charge in [-0.2, -0.15) is 0 Å². The Morgan fingerprint density at radius 1 is 1.05 bits per heavy atom. The summed E-state index contributed by atoms with van der Waals surface area (Å²) in [5, 5.41) is 4.90. The second-order valence-electron chi connectivity index (χ2n) is 4.34. The van der Waals surface area contributed by atoms with E-state index in [2.05, 4.69) is 5.10 Å². The molecule has 0 amide bonds. The van der Waals surface area contributed by atoms with Crippen LogP contribution in [0.2, 0.25) is 5.02 Å². The number of carbonyl (C=O) groups excluding carboxylic acids is 1. The van der Waals surface area contributed by atoms with Gasteiger partial charge < -0.3 is 4.74 Å². The molecule has 0 spiro atoms. The monoisotopic (exact) mass is 298 g/mol. The summed E-state index contributed by atoms with van der Waals surface area (Å²) in [5.74, 6) is 0.240. The van der Waals surface area contributed by atoms with Gasteiger partial charge in [-0.15, -0.1) is 5.10 Å². The molecule has 1 heterocycles. The summed E-state index contributed by atoms with van der Waals surface area (Å²) in [5.41, 5.74) is 2.57. The molecule has 0 bridgehead atoms. The van der Waals surface area contributed by atoms with Crippen LogP contribution in [0.3, 0.4) is 0 Å². The highest BCUT2D eigenvalue weighted by molar-refractivity contribution is 6.30. The minimum atomic E-state index is 0.240. The van der Waals surface area contributed by atoms with Gasteiger partial charge in [-0.25, -0.2) is 4.68 Å². The van der Waals surface area contributed by atoms with Gasteiger partial charge in [0.2, 0.25) is 5.88 Å². The molecule has 2 aromatic carbocycles. The molecule has 0 saturated heterocycles. The minimum Gasteiger partial charge on any atom is -0.408 e. The fourth-order valence-electron chi connectivity index (χ4n) is 2.09. The first-order valence-corrected chi connectivity index (χ1v) is 6.67. The third kappa shape index (κ3) is 2.80. The number of rotatable bonds is 4. The summed E-state index contributed by atoms with van der Waals surface area (Å²) in [6.07, 6.45) is 0. The van der Waals surface area contributed by atoms with Crippen LogP contribution in [0.5, 0.6) is 5.88 Å². The van der Waals surface area contributed by atoms with Gasteiger partial charge in [0.25, 0.3) is 6.47 Å². The number of nitrogens with zero attached hydrogens (tertiary/aromatic N) is 2. The fourth-order valence-corrected chi connectivity index (χ4v) is 2.27. The lowest BCUT2D eigenvalue weighted by molar-refractivity contribution is -0.120. The largest absolute Gasteiger partial charge is 0.408 e. The molecule has 0 unspecified atom stereocenters. The first-order valence-electron chi connectivity index (χ1n) is 6.29. The third-order valence-corrected chi connectivity index (χ3v) is 3.21. The molecule has 0 atom stereocenters. The summed E-state index contributed by atoms with van der Waals surface area (Å²) >= 11 is 6.03. The summed E-state index contributed by atoms with van der Waals surface area (Å²) < 4.78 is 6.55. The zero-order valence-corrected chi connectivity index (χ0v) is 11.7. The van der Waals surface area contributed by atoms with Gasteiger partial charge >= 0.3 is 0 Å². The van der Waals surface area contributed by atoms with Crippen molar-refractivity contribution in [3.63, 3.8) is 0 Å². The number of carbonyl (C=O) groups is 1. The molecule has 5 heteroatoms. The molecule has 0 N–H and O–H groups in total.